The van der Waals surface area contributed by atoms with E-state index < -0.39 is 19.1 Å². The van der Waals surface area contributed by atoms with Crippen molar-refractivity contribution in [3.8, 4) is 23.1 Å². The monoisotopic (exact) mass is 488 g/mol. The largest absolute Gasteiger partial charge is 0.636 e. The first-order valence-electron chi connectivity index (χ1n) is 11.6. The van der Waals surface area contributed by atoms with Crippen LogP contribution in [-0.2, 0) is 25.3 Å². The van der Waals surface area contributed by atoms with Gasteiger partial charge in [0.15, 0.2) is 0 Å². The van der Waals surface area contributed by atoms with Crippen LogP contribution in [0.5, 0.6) is 23.1 Å². The van der Waals surface area contributed by atoms with Crippen molar-refractivity contribution in [1.82, 2.24) is 9.88 Å². The summed E-state index contributed by atoms with van der Waals surface area (Å²) in [6.45, 7) is 0.0442. The van der Waals surface area contributed by atoms with Crippen molar-refractivity contribution in [2.75, 3.05) is 27.2 Å². The number of benzene rings is 2. The molecular weight excluding hydrogens is 463 g/mol. The van der Waals surface area contributed by atoms with Crippen LogP contribution in [-0.4, -0.2) is 56.2 Å². The first kappa shape index (κ1) is 23.7. The highest BCUT2D eigenvalue weighted by Gasteiger charge is 2.34. The molecule has 1 atom stereocenters. The number of ether oxygens (including phenoxy) is 3. The number of methoxy groups -OCH3 is 1. The summed E-state index contributed by atoms with van der Waals surface area (Å²) in [6, 6.07) is 16.5. The van der Waals surface area contributed by atoms with Crippen molar-refractivity contribution in [1.29, 1.82) is 0 Å². The van der Waals surface area contributed by atoms with Crippen molar-refractivity contribution in [2.24, 2.45) is 0 Å². The normalized spacial score (nSPS) is 17.9. The maximum absolute atomic E-state index is 12.0. The molecule has 0 bridgehead atoms. The molecule has 0 spiro atoms. The number of rotatable bonds is 6. The molecule has 2 aliphatic rings. The molecule has 9 nitrogen and oxygen atoms in total. The topological polar surface area (TPSA) is 96.4 Å². The van der Waals surface area contributed by atoms with Gasteiger partial charge in [-0.15, -0.1) is 0 Å². The molecule has 0 N–H and O–H groups in total. The van der Waals surface area contributed by atoms with E-state index in [-0.39, 0.29) is 19.2 Å². The lowest BCUT2D eigenvalue weighted by atomic mass is 9.78. The zero-order valence-electron chi connectivity index (χ0n) is 20.0. The summed E-state index contributed by atoms with van der Waals surface area (Å²) < 4.78 is 28.2. The average Bonchev–Trinajstić information content (AvgIpc) is 3.27. The third-order valence-electron chi connectivity index (χ3n) is 6.02. The maximum atomic E-state index is 12.0. The quantitative estimate of drug-likeness (QED) is 0.486. The van der Waals surface area contributed by atoms with Gasteiger partial charge >= 0.3 is 19.1 Å². The molecule has 1 fully saturated rings. The SMILES string of the molecule is COc1cc(Oc2cccc3c2CCC3Oc2ccc(B3OC(=O)CN(C)CC(=O)O3)cc2)ccn1. The lowest BCUT2D eigenvalue weighted by molar-refractivity contribution is -0.145. The van der Waals surface area contributed by atoms with Gasteiger partial charge in [-0.3, -0.25) is 14.5 Å². The van der Waals surface area contributed by atoms with E-state index in [1.54, 1.807) is 61.7 Å². The van der Waals surface area contributed by atoms with Gasteiger partial charge in [0.05, 0.1) is 20.2 Å². The molecule has 1 aromatic heterocycles. The lowest BCUT2D eigenvalue weighted by Gasteiger charge is -2.22. The first-order valence-corrected chi connectivity index (χ1v) is 11.6. The summed E-state index contributed by atoms with van der Waals surface area (Å²) in [5, 5.41) is 0. The van der Waals surface area contributed by atoms with Gasteiger partial charge in [-0.2, -0.15) is 0 Å². The maximum Gasteiger partial charge on any atom is 0.636 e. The van der Waals surface area contributed by atoms with Crippen LogP contribution in [0.3, 0.4) is 0 Å². The summed E-state index contributed by atoms with van der Waals surface area (Å²) in [7, 11) is 2.14. The number of nitrogens with zero attached hydrogens (tertiary/aromatic N) is 2. The van der Waals surface area contributed by atoms with E-state index in [0.717, 1.165) is 29.7 Å². The van der Waals surface area contributed by atoms with Crippen molar-refractivity contribution < 1.29 is 33.1 Å². The van der Waals surface area contributed by atoms with Crippen molar-refractivity contribution in [3.63, 3.8) is 0 Å². The van der Waals surface area contributed by atoms with Gasteiger partial charge < -0.3 is 23.5 Å². The highest BCUT2D eigenvalue weighted by molar-refractivity contribution is 6.64. The fourth-order valence-corrected chi connectivity index (χ4v) is 4.33. The number of aromatic nitrogens is 1. The summed E-state index contributed by atoms with van der Waals surface area (Å²) >= 11 is 0. The fraction of sp³-hybridized carbons (Fsp3) is 0.269. The van der Waals surface area contributed by atoms with Crippen LogP contribution in [0.1, 0.15) is 23.7 Å². The van der Waals surface area contributed by atoms with Gasteiger partial charge in [0.2, 0.25) is 5.88 Å². The second-order valence-electron chi connectivity index (χ2n) is 8.66. The number of pyridine rings is 1. The van der Waals surface area contributed by atoms with Gasteiger partial charge in [0.25, 0.3) is 0 Å². The minimum atomic E-state index is -1.08. The number of carbonyl (C=O) groups excluding carboxylic acids is 2. The number of carbonyl (C=O) groups is 2. The molecule has 36 heavy (non-hydrogen) atoms. The molecule has 1 aliphatic heterocycles. The molecule has 1 unspecified atom stereocenters. The Labute approximate surface area is 209 Å². The zero-order chi connectivity index (χ0) is 25.1. The van der Waals surface area contributed by atoms with Gasteiger partial charge in [-0.1, -0.05) is 24.3 Å². The Bertz CT molecular complexity index is 1250. The van der Waals surface area contributed by atoms with Crippen LogP contribution >= 0.6 is 0 Å². The molecule has 5 rings (SSSR count). The molecule has 0 saturated carbocycles. The van der Waals surface area contributed by atoms with E-state index in [4.69, 9.17) is 23.5 Å². The van der Waals surface area contributed by atoms with Crippen molar-refractivity contribution in [3.05, 3.63) is 71.9 Å². The molecule has 1 aliphatic carbocycles. The number of fused-ring (bicyclic) bond motifs is 1. The van der Waals surface area contributed by atoms with E-state index in [1.807, 2.05) is 18.2 Å². The predicted octanol–water partition coefficient (Wildman–Crippen LogP) is 2.68. The van der Waals surface area contributed by atoms with E-state index in [2.05, 4.69) is 4.98 Å². The summed E-state index contributed by atoms with van der Waals surface area (Å²) in [6.07, 6.45) is 3.14. The van der Waals surface area contributed by atoms with Gasteiger partial charge in [0, 0.05) is 23.3 Å². The number of hydrogen-bond acceptors (Lipinski definition) is 9. The Morgan fingerprint density at radius 3 is 2.47 bits per heavy atom. The van der Waals surface area contributed by atoms with E-state index in [0.29, 0.717) is 22.8 Å². The molecule has 10 heteroatoms. The minimum absolute atomic E-state index is 0.0221. The number of likely N-dealkylation sites (N-methyl/N-ethyl adjacent to an activating group) is 1. The first-order chi connectivity index (χ1) is 17.5. The summed E-state index contributed by atoms with van der Waals surface area (Å²) in [5.41, 5.74) is 2.74. The molecule has 2 heterocycles. The Kier molecular flexibility index (Phi) is 6.77. The smallest absolute Gasteiger partial charge is 0.494 e. The van der Waals surface area contributed by atoms with Crippen LogP contribution in [0.2, 0.25) is 0 Å². The third-order valence-corrected chi connectivity index (χ3v) is 6.02. The Balaban J connectivity index is 1.28. The Morgan fingerprint density at radius 1 is 1.00 bits per heavy atom. The summed E-state index contributed by atoms with van der Waals surface area (Å²) in [4.78, 5) is 29.7. The highest BCUT2D eigenvalue weighted by Crippen LogP contribution is 2.41. The average molecular weight is 488 g/mol. The molecule has 1 saturated heterocycles. The van der Waals surface area contributed by atoms with Gasteiger partial charge in [-0.25, -0.2) is 4.98 Å². The molecular formula is C26H25BN2O7. The number of hydrogen-bond donors (Lipinski definition) is 0. The predicted molar refractivity (Wildman–Crippen MR) is 131 cm³/mol. The standard InChI is InChI=1S/C26H25BN2O7/c1-29-15-25(30)35-27(36-26(31)16-29)17-6-8-18(9-7-17)33-23-11-10-21-20(23)4-3-5-22(21)34-19-12-13-28-24(14-19)32-2/h3-9,12-14,23H,10-11,15-16H2,1-2H3. The Morgan fingerprint density at radius 2 is 1.75 bits per heavy atom. The fourth-order valence-electron chi connectivity index (χ4n) is 4.33. The highest BCUT2D eigenvalue weighted by atomic mass is 16.6. The van der Waals surface area contributed by atoms with Crippen molar-refractivity contribution in [2.45, 2.75) is 18.9 Å². The van der Waals surface area contributed by atoms with Crippen LogP contribution in [0.4, 0.5) is 0 Å². The van der Waals surface area contributed by atoms with Crippen LogP contribution in [0.25, 0.3) is 0 Å². The van der Waals surface area contributed by atoms with E-state index in [9.17, 15) is 9.59 Å². The molecule has 3 aromatic rings. The third kappa shape index (κ3) is 5.28. The van der Waals surface area contributed by atoms with E-state index in [1.165, 1.54) is 0 Å². The van der Waals surface area contributed by atoms with Gasteiger partial charge in [0.1, 0.15) is 23.4 Å². The summed E-state index contributed by atoms with van der Waals surface area (Å²) in [5.74, 6) is 1.66. The van der Waals surface area contributed by atoms with Gasteiger partial charge in [-0.05, 0) is 49.7 Å². The minimum Gasteiger partial charge on any atom is -0.494 e. The van der Waals surface area contributed by atoms with Crippen LogP contribution < -0.4 is 19.7 Å². The zero-order valence-corrected chi connectivity index (χ0v) is 20.0. The lowest BCUT2D eigenvalue weighted by Crippen LogP contribution is -2.47. The molecule has 0 amide bonds. The molecule has 2 aromatic carbocycles. The van der Waals surface area contributed by atoms with E-state index >= 15 is 0 Å². The second kappa shape index (κ2) is 10.3. The van der Waals surface area contributed by atoms with Crippen LogP contribution in [0, 0.1) is 0 Å². The molecule has 0 radical (unpaired) electrons. The molecule has 184 valence electrons. The van der Waals surface area contributed by atoms with Crippen LogP contribution in [0.15, 0.2) is 60.8 Å². The second-order valence-corrected chi connectivity index (χ2v) is 8.66. The van der Waals surface area contributed by atoms with Crippen molar-refractivity contribution >= 4 is 24.5 Å². The Hall–Kier alpha value is -4.05.